The number of methoxy groups -OCH3 is 1. The number of aryl methyl sites for hydroxylation is 1. The van der Waals surface area contributed by atoms with Crippen molar-refractivity contribution in [1.82, 2.24) is 0 Å². The minimum atomic E-state index is -1.92. The summed E-state index contributed by atoms with van der Waals surface area (Å²) >= 11 is 0. The lowest BCUT2D eigenvalue weighted by Crippen LogP contribution is -2.47. The number of carbonyl (C=O) groups excluding carboxylic acids is 3. The molecular weight excluding hydrogens is 384 g/mol. The molecule has 1 aliphatic rings. The largest absolute Gasteiger partial charge is 0.497 e. The number of hydrogen-bond acceptors (Lipinski definition) is 6. The molecule has 0 unspecified atom stereocenters. The molecule has 3 rings (SSSR count). The van der Waals surface area contributed by atoms with Crippen LogP contribution in [0.4, 0.5) is 5.69 Å². The zero-order chi connectivity index (χ0) is 21.9. The molecule has 2 atom stereocenters. The SMILES string of the molecule is CCOC(=O)[C@](C#N)(c1ccc(C)cc1)[C@@H]1CC(=O)N(c2ccc(OC)cc2)C1=O. The molecule has 7 nitrogen and oxygen atoms in total. The van der Waals surface area contributed by atoms with Gasteiger partial charge in [-0.1, -0.05) is 29.8 Å². The number of anilines is 1. The summed E-state index contributed by atoms with van der Waals surface area (Å²) < 4.78 is 10.3. The van der Waals surface area contributed by atoms with E-state index in [1.807, 2.05) is 13.0 Å². The Bertz CT molecular complexity index is 1010. The Balaban J connectivity index is 2.08. The van der Waals surface area contributed by atoms with E-state index in [2.05, 4.69) is 0 Å². The normalized spacial score (nSPS) is 17.9. The molecule has 0 saturated carbocycles. The highest BCUT2D eigenvalue weighted by Gasteiger charge is 2.58. The molecule has 30 heavy (non-hydrogen) atoms. The Morgan fingerprint density at radius 1 is 1.17 bits per heavy atom. The molecule has 2 aromatic carbocycles. The highest BCUT2D eigenvalue weighted by Crippen LogP contribution is 2.42. The van der Waals surface area contributed by atoms with Crippen molar-refractivity contribution in [2.45, 2.75) is 25.7 Å². The lowest BCUT2D eigenvalue weighted by Gasteiger charge is -2.29. The van der Waals surface area contributed by atoms with Crippen LogP contribution in [0, 0.1) is 24.2 Å². The van der Waals surface area contributed by atoms with E-state index in [4.69, 9.17) is 9.47 Å². The summed E-state index contributed by atoms with van der Waals surface area (Å²) in [5.41, 5.74) is -0.301. The van der Waals surface area contributed by atoms with Gasteiger partial charge < -0.3 is 9.47 Å². The van der Waals surface area contributed by atoms with Gasteiger partial charge in [0.05, 0.1) is 31.4 Å². The first-order valence-corrected chi connectivity index (χ1v) is 9.55. The maximum Gasteiger partial charge on any atom is 0.331 e. The smallest absolute Gasteiger partial charge is 0.331 e. The summed E-state index contributed by atoms with van der Waals surface area (Å²) in [5, 5.41) is 10.1. The number of hydrogen-bond donors (Lipinski definition) is 0. The van der Waals surface area contributed by atoms with Gasteiger partial charge in [0.15, 0.2) is 5.41 Å². The van der Waals surface area contributed by atoms with Crippen LogP contribution >= 0.6 is 0 Å². The van der Waals surface area contributed by atoms with Crippen molar-refractivity contribution < 1.29 is 23.9 Å². The Kier molecular flexibility index (Phi) is 5.88. The number of nitriles is 1. The quantitative estimate of drug-likeness (QED) is 0.541. The number of benzene rings is 2. The predicted octanol–water partition coefficient (Wildman–Crippen LogP) is 2.91. The minimum Gasteiger partial charge on any atom is -0.497 e. The zero-order valence-corrected chi connectivity index (χ0v) is 17.0. The zero-order valence-electron chi connectivity index (χ0n) is 17.0. The minimum absolute atomic E-state index is 0.0468. The first kappa shape index (κ1) is 21.1. The Morgan fingerprint density at radius 3 is 2.33 bits per heavy atom. The number of imide groups is 1. The molecule has 0 N–H and O–H groups in total. The van der Waals surface area contributed by atoms with Crippen LogP contribution in [0.5, 0.6) is 5.75 Å². The van der Waals surface area contributed by atoms with Crippen molar-refractivity contribution in [2.75, 3.05) is 18.6 Å². The van der Waals surface area contributed by atoms with E-state index in [0.717, 1.165) is 10.5 Å². The second-order valence-electron chi connectivity index (χ2n) is 7.03. The number of ether oxygens (including phenoxy) is 2. The monoisotopic (exact) mass is 406 g/mol. The van der Waals surface area contributed by atoms with Crippen LogP contribution in [0.3, 0.4) is 0 Å². The van der Waals surface area contributed by atoms with Crippen LogP contribution < -0.4 is 9.64 Å². The molecule has 154 valence electrons. The Hall–Kier alpha value is -3.66. The average Bonchev–Trinajstić information content (AvgIpc) is 3.05. The van der Waals surface area contributed by atoms with Gasteiger partial charge in [0.25, 0.3) is 0 Å². The second-order valence-corrected chi connectivity index (χ2v) is 7.03. The van der Waals surface area contributed by atoms with E-state index < -0.39 is 29.1 Å². The average molecular weight is 406 g/mol. The fraction of sp³-hybridized carbons (Fsp3) is 0.304. The highest BCUT2D eigenvalue weighted by atomic mass is 16.5. The number of amides is 2. The topological polar surface area (TPSA) is 96.7 Å². The Morgan fingerprint density at radius 2 is 1.80 bits per heavy atom. The first-order chi connectivity index (χ1) is 14.4. The van der Waals surface area contributed by atoms with Gasteiger partial charge >= 0.3 is 5.97 Å². The molecule has 0 aromatic heterocycles. The number of carbonyl (C=O) groups is 3. The predicted molar refractivity (Wildman–Crippen MR) is 109 cm³/mol. The van der Waals surface area contributed by atoms with Crippen LogP contribution in [0.2, 0.25) is 0 Å². The summed E-state index contributed by atoms with van der Waals surface area (Å²) in [6.07, 6.45) is -0.273. The molecule has 0 spiro atoms. The van der Waals surface area contributed by atoms with Gasteiger partial charge in [-0.3, -0.25) is 14.5 Å². The van der Waals surface area contributed by atoms with Crippen LogP contribution in [0.1, 0.15) is 24.5 Å². The van der Waals surface area contributed by atoms with E-state index in [1.165, 1.54) is 7.11 Å². The molecule has 1 aliphatic heterocycles. The lowest BCUT2D eigenvalue weighted by atomic mass is 9.70. The molecule has 0 radical (unpaired) electrons. The summed E-state index contributed by atoms with van der Waals surface area (Å²) in [6.45, 7) is 3.55. The van der Waals surface area contributed by atoms with Crippen LogP contribution in [-0.2, 0) is 24.5 Å². The number of nitrogens with zero attached hydrogens (tertiary/aromatic N) is 2. The number of rotatable bonds is 6. The van der Waals surface area contributed by atoms with E-state index in [-0.39, 0.29) is 13.0 Å². The Labute approximate surface area is 174 Å². The highest BCUT2D eigenvalue weighted by molar-refractivity contribution is 6.22. The summed E-state index contributed by atoms with van der Waals surface area (Å²) in [5.74, 6) is -2.54. The standard InChI is InChI=1S/C23H22N2O5/c1-4-30-22(28)23(14-24,16-7-5-15(2)6-8-16)19-13-20(26)25(21(19)27)17-9-11-18(29-3)12-10-17/h5-12,19H,4,13H2,1-3H3/t19-,23-/m1/s1. The number of esters is 1. The molecular formula is C23H22N2O5. The molecule has 0 aliphatic carbocycles. The summed E-state index contributed by atoms with van der Waals surface area (Å²) in [6, 6.07) is 15.2. The molecule has 1 saturated heterocycles. The summed E-state index contributed by atoms with van der Waals surface area (Å²) in [7, 11) is 1.51. The first-order valence-electron chi connectivity index (χ1n) is 9.55. The van der Waals surface area contributed by atoms with Crippen molar-refractivity contribution in [1.29, 1.82) is 5.26 Å². The molecule has 7 heteroatoms. The second kappa shape index (κ2) is 8.37. The van der Waals surface area contributed by atoms with Gasteiger partial charge in [-0.2, -0.15) is 5.26 Å². The fourth-order valence-electron chi connectivity index (χ4n) is 3.68. The van der Waals surface area contributed by atoms with Crippen LogP contribution in [0.25, 0.3) is 0 Å². The fourth-order valence-corrected chi connectivity index (χ4v) is 3.68. The molecule has 2 amide bonds. The van der Waals surface area contributed by atoms with Gasteiger partial charge in [-0.15, -0.1) is 0 Å². The summed E-state index contributed by atoms with van der Waals surface area (Å²) in [4.78, 5) is 40.2. The molecule has 1 fully saturated rings. The van der Waals surface area contributed by atoms with Crippen LogP contribution in [0.15, 0.2) is 48.5 Å². The van der Waals surface area contributed by atoms with Crippen molar-refractivity contribution in [3.8, 4) is 11.8 Å². The van der Waals surface area contributed by atoms with E-state index in [1.54, 1.807) is 55.5 Å². The van der Waals surface area contributed by atoms with Crippen molar-refractivity contribution in [3.05, 3.63) is 59.7 Å². The van der Waals surface area contributed by atoms with Gasteiger partial charge in [0, 0.05) is 6.42 Å². The maximum absolute atomic E-state index is 13.3. The van der Waals surface area contributed by atoms with Crippen LogP contribution in [-0.4, -0.2) is 31.5 Å². The van der Waals surface area contributed by atoms with Gasteiger partial charge in [-0.05, 0) is 43.7 Å². The van der Waals surface area contributed by atoms with Gasteiger partial charge in [0.1, 0.15) is 5.75 Å². The molecule has 0 bridgehead atoms. The van der Waals surface area contributed by atoms with E-state index in [0.29, 0.717) is 17.0 Å². The van der Waals surface area contributed by atoms with Crippen molar-refractivity contribution in [3.63, 3.8) is 0 Å². The van der Waals surface area contributed by atoms with E-state index in [9.17, 15) is 19.6 Å². The van der Waals surface area contributed by atoms with Gasteiger partial charge in [-0.25, -0.2) is 4.79 Å². The molecule has 1 heterocycles. The van der Waals surface area contributed by atoms with Crippen molar-refractivity contribution in [2.24, 2.45) is 5.92 Å². The third-order valence-electron chi connectivity index (χ3n) is 5.28. The van der Waals surface area contributed by atoms with Crippen molar-refractivity contribution >= 4 is 23.5 Å². The molecule has 2 aromatic rings. The maximum atomic E-state index is 13.3. The van der Waals surface area contributed by atoms with Gasteiger partial charge in [0.2, 0.25) is 11.8 Å². The third-order valence-corrected chi connectivity index (χ3v) is 5.28. The lowest BCUT2D eigenvalue weighted by molar-refractivity contribution is -0.151. The van der Waals surface area contributed by atoms with E-state index >= 15 is 0 Å². The third kappa shape index (κ3) is 3.41.